The van der Waals surface area contributed by atoms with Gasteiger partial charge >= 0.3 is 6.03 Å². The molecule has 2 heterocycles. The lowest BCUT2D eigenvalue weighted by Gasteiger charge is -2.21. The van der Waals surface area contributed by atoms with Crippen LogP contribution < -0.4 is 10.6 Å². The number of carbonyl (C=O) groups is 1. The topological polar surface area (TPSA) is 95.2 Å². The fraction of sp³-hybridized carbons (Fsp3) is 0.320. The third-order valence-electron chi connectivity index (χ3n) is 5.96. The van der Waals surface area contributed by atoms with Crippen molar-refractivity contribution < 1.29 is 9.53 Å². The van der Waals surface area contributed by atoms with E-state index in [9.17, 15) is 10.1 Å². The smallest absolute Gasteiger partial charge is 0.320 e. The molecule has 0 unspecified atom stereocenters. The number of urea groups is 1. The van der Waals surface area contributed by atoms with E-state index in [2.05, 4.69) is 38.8 Å². The molecule has 0 radical (unpaired) electrons. The predicted molar refractivity (Wildman–Crippen MR) is 126 cm³/mol. The lowest BCUT2D eigenvalue weighted by Crippen LogP contribution is -2.42. The molecule has 170 valence electrons. The van der Waals surface area contributed by atoms with E-state index in [4.69, 9.17) is 4.74 Å². The molecule has 4 rings (SSSR count). The van der Waals surface area contributed by atoms with E-state index in [1.54, 1.807) is 18.7 Å². The molecule has 0 aliphatic carbocycles. The Morgan fingerprint density at radius 3 is 2.52 bits per heavy atom. The summed E-state index contributed by atoms with van der Waals surface area (Å²) in [6.45, 7) is 4.76. The first-order valence-corrected chi connectivity index (χ1v) is 11.0. The molecule has 8 nitrogen and oxygen atoms in total. The summed E-state index contributed by atoms with van der Waals surface area (Å²) in [7, 11) is 1.69. The first-order chi connectivity index (χ1) is 16.1. The van der Waals surface area contributed by atoms with Gasteiger partial charge < -0.3 is 10.1 Å². The molecular formula is C25H28N6O2. The van der Waals surface area contributed by atoms with E-state index in [-0.39, 0.29) is 18.0 Å². The number of para-hydroxylation sites is 1. The average molecular weight is 445 g/mol. The first-order valence-electron chi connectivity index (χ1n) is 11.0. The largest absolute Gasteiger partial charge is 0.383 e. The van der Waals surface area contributed by atoms with Gasteiger partial charge in [0.1, 0.15) is 11.6 Å². The zero-order chi connectivity index (χ0) is 23.2. The van der Waals surface area contributed by atoms with Crippen LogP contribution >= 0.6 is 0 Å². The molecule has 3 aromatic rings. The monoisotopic (exact) mass is 444 g/mol. The Morgan fingerprint density at radius 1 is 1.15 bits per heavy atom. The highest BCUT2D eigenvalue weighted by molar-refractivity contribution is 5.90. The van der Waals surface area contributed by atoms with Crippen molar-refractivity contribution in [3.05, 3.63) is 77.5 Å². The number of benzene rings is 2. The summed E-state index contributed by atoms with van der Waals surface area (Å²) in [4.78, 5) is 15.4. The van der Waals surface area contributed by atoms with Gasteiger partial charge in [-0.15, -0.1) is 0 Å². The SMILES string of the molecule is COCCN1C[C@@H](NC(=O)Nc2c(C#N)c(C)nn2-c2ccccc2)[C@H](c2ccccc2)C1. The number of aryl methyl sites for hydroxylation is 1. The van der Waals surface area contributed by atoms with Crippen molar-refractivity contribution in [2.24, 2.45) is 0 Å². The van der Waals surface area contributed by atoms with Gasteiger partial charge in [0.25, 0.3) is 0 Å². The van der Waals surface area contributed by atoms with Gasteiger partial charge in [-0.25, -0.2) is 9.48 Å². The fourth-order valence-corrected chi connectivity index (χ4v) is 4.32. The Kier molecular flexibility index (Phi) is 7.03. The van der Waals surface area contributed by atoms with Crippen LogP contribution in [0.25, 0.3) is 5.69 Å². The molecule has 0 spiro atoms. The molecule has 2 N–H and O–H groups in total. The number of ether oxygens (including phenoxy) is 1. The van der Waals surface area contributed by atoms with Gasteiger partial charge in [-0.1, -0.05) is 48.5 Å². The standard InChI is InChI=1S/C25H28N6O2/c1-18-21(15-26)24(31(29-18)20-11-7-4-8-12-20)28-25(32)27-23-17-30(13-14-33-2)16-22(23)19-9-5-3-6-10-19/h3-12,22-23H,13-14,16-17H2,1-2H3,(H2,27,28,32)/t22-,23+/m0/s1. The molecule has 1 saturated heterocycles. The number of hydrogen-bond acceptors (Lipinski definition) is 5. The summed E-state index contributed by atoms with van der Waals surface area (Å²) < 4.78 is 6.84. The van der Waals surface area contributed by atoms with Crippen LogP contribution in [0.2, 0.25) is 0 Å². The number of anilines is 1. The van der Waals surface area contributed by atoms with Crippen molar-refractivity contribution in [2.75, 3.05) is 38.7 Å². The molecule has 33 heavy (non-hydrogen) atoms. The Labute approximate surface area is 193 Å². The number of nitriles is 1. The van der Waals surface area contributed by atoms with Gasteiger partial charge in [0, 0.05) is 32.7 Å². The minimum absolute atomic E-state index is 0.0796. The lowest BCUT2D eigenvalue weighted by molar-refractivity contribution is 0.159. The maximum absolute atomic E-state index is 13.1. The second-order valence-corrected chi connectivity index (χ2v) is 8.14. The number of carbonyl (C=O) groups excluding carboxylic acids is 1. The summed E-state index contributed by atoms with van der Waals surface area (Å²) in [5.41, 5.74) is 2.86. The zero-order valence-corrected chi connectivity index (χ0v) is 18.9. The third kappa shape index (κ3) is 5.06. The maximum atomic E-state index is 13.1. The van der Waals surface area contributed by atoms with E-state index in [1.165, 1.54) is 5.56 Å². The quantitative estimate of drug-likeness (QED) is 0.583. The summed E-state index contributed by atoms with van der Waals surface area (Å²) in [6, 6.07) is 21.4. The van der Waals surface area contributed by atoms with Gasteiger partial charge in [0.2, 0.25) is 0 Å². The minimum atomic E-state index is -0.358. The molecule has 1 fully saturated rings. The van der Waals surface area contributed by atoms with Crippen LogP contribution in [0.3, 0.4) is 0 Å². The van der Waals surface area contributed by atoms with E-state index < -0.39 is 0 Å². The number of hydrogen-bond donors (Lipinski definition) is 2. The van der Waals surface area contributed by atoms with Crippen LogP contribution in [0.15, 0.2) is 60.7 Å². The fourth-order valence-electron chi connectivity index (χ4n) is 4.32. The Bertz CT molecular complexity index is 1120. The molecule has 1 aliphatic heterocycles. The molecule has 2 atom stereocenters. The predicted octanol–water partition coefficient (Wildman–Crippen LogP) is 3.29. The summed E-state index contributed by atoms with van der Waals surface area (Å²) in [6.07, 6.45) is 0. The number of aromatic nitrogens is 2. The summed E-state index contributed by atoms with van der Waals surface area (Å²) in [5, 5.41) is 20.2. The molecule has 0 saturated carbocycles. The van der Waals surface area contributed by atoms with Crippen LogP contribution in [-0.2, 0) is 4.74 Å². The first kappa shape index (κ1) is 22.5. The third-order valence-corrected chi connectivity index (χ3v) is 5.96. The number of amides is 2. The van der Waals surface area contributed by atoms with Crippen molar-refractivity contribution in [3.63, 3.8) is 0 Å². The molecule has 2 amide bonds. The minimum Gasteiger partial charge on any atom is -0.383 e. The van der Waals surface area contributed by atoms with E-state index in [1.807, 2.05) is 48.5 Å². The number of nitrogens with one attached hydrogen (secondary N) is 2. The van der Waals surface area contributed by atoms with Crippen molar-refractivity contribution in [2.45, 2.75) is 18.9 Å². The maximum Gasteiger partial charge on any atom is 0.320 e. The number of rotatable bonds is 7. The van der Waals surface area contributed by atoms with Crippen molar-refractivity contribution >= 4 is 11.8 Å². The van der Waals surface area contributed by atoms with E-state index in [0.29, 0.717) is 23.7 Å². The summed E-state index contributed by atoms with van der Waals surface area (Å²) >= 11 is 0. The summed E-state index contributed by atoms with van der Waals surface area (Å²) in [5.74, 6) is 0.522. The lowest BCUT2D eigenvalue weighted by atomic mass is 9.94. The average Bonchev–Trinajstić information content (AvgIpc) is 3.38. The van der Waals surface area contributed by atoms with Gasteiger partial charge in [-0.3, -0.25) is 10.2 Å². The Hall–Kier alpha value is -3.67. The highest BCUT2D eigenvalue weighted by Gasteiger charge is 2.35. The van der Waals surface area contributed by atoms with Crippen LogP contribution in [0.1, 0.15) is 22.7 Å². The molecule has 8 heteroatoms. The van der Waals surface area contributed by atoms with E-state index in [0.717, 1.165) is 25.3 Å². The highest BCUT2D eigenvalue weighted by Crippen LogP contribution is 2.28. The molecule has 0 bridgehead atoms. The van der Waals surface area contributed by atoms with E-state index >= 15 is 0 Å². The molecule has 1 aromatic heterocycles. The van der Waals surface area contributed by atoms with Gasteiger partial charge in [-0.2, -0.15) is 10.4 Å². The second kappa shape index (κ2) is 10.3. The Morgan fingerprint density at radius 2 is 1.85 bits per heavy atom. The second-order valence-electron chi connectivity index (χ2n) is 8.14. The molecule has 1 aliphatic rings. The molecular weight excluding hydrogens is 416 g/mol. The number of likely N-dealkylation sites (tertiary alicyclic amines) is 1. The van der Waals surface area contributed by atoms with Crippen LogP contribution in [0, 0.1) is 18.3 Å². The normalized spacial score (nSPS) is 18.1. The van der Waals surface area contributed by atoms with Crippen LogP contribution in [-0.4, -0.2) is 60.1 Å². The number of methoxy groups -OCH3 is 1. The Balaban J connectivity index is 1.55. The zero-order valence-electron chi connectivity index (χ0n) is 18.9. The van der Waals surface area contributed by atoms with Gasteiger partial charge in [-0.05, 0) is 24.6 Å². The highest BCUT2D eigenvalue weighted by atomic mass is 16.5. The number of nitrogens with zero attached hydrogens (tertiary/aromatic N) is 4. The van der Waals surface area contributed by atoms with Gasteiger partial charge in [0.05, 0.1) is 24.0 Å². The van der Waals surface area contributed by atoms with Crippen LogP contribution in [0.4, 0.5) is 10.6 Å². The molecule has 2 aromatic carbocycles. The van der Waals surface area contributed by atoms with Crippen molar-refractivity contribution in [3.8, 4) is 11.8 Å². The van der Waals surface area contributed by atoms with Crippen LogP contribution in [0.5, 0.6) is 0 Å². The van der Waals surface area contributed by atoms with Gasteiger partial charge in [0.15, 0.2) is 5.82 Å². The van der Waals surface area contributed by atoms with Crippen molar-refractivity contribution in [1.82, 2.24) is 20.0 Å². The van der Waals surface area contributed by atoms with Crippen molar-refractivity contribution in [1.29, 1.82) is 5.26 Å².